The SMILES string of the molecule is Cc1cccc(CN(C)CCC(=O)OC(C)(C)C)c1. The van der Waals surface area contributed by atoms with E-state index in [9.17, 15) is 4.79 Å². The van der Waals surface area contributed by atoms with E-state index in [1.807, 2.05) is 27.8 Å². The van der Waals surface area contributed by atoms with Crippen LogP contribution in [-0.4, -0.2) is 30.1 Å². The van der Waals surface area contributed by atoms with Crippen molar-refractivity contribution in [3.8, 4) is 0 Å². The van der Waals surface area contributed by atoms with Crippen molar-refractivity contribution < 1.29 is 9.53 Å². The summed E-state index contributed by atoms with van der Waals surface area (Å²) in [4.78, 5) is 13.8. The van der Waals surface area contributed by atoms with Gasteiger partial charge in [-0.1, -0.05) is 29.8 Å². The lowest BCUT2D eigenvalue weighted by Gasteiger charge is -2.21. The molecule has 1 aromatic carbocycles. The lowest BCUT2D eigenvalue weighted by atomic mass is 10.1. The van der Waals surface area contributed by atoms with Crippen LogP contribution >= 0.6 is 0 Å². The van der Waals surface area contributed by atoms with Crippen molar-refractivity contribution in [2.45, 2.75) is 46.3 Å². The fourth-order valence-corrected chi connectivity index (χ4v) is 1.88. The first-order valence-corrected chi connectivity index (χ1v) is 6.72. The molecule has 3 nitrogen and oxygen atoms in total. The molecule has 0 fully saturated rings. The van der Waals surface area contributed by atoms with Gasteiger partial charge in [-0.15, -0.1) is 0 Å². The minimum Gasteiger partial charge on any atom is -0.460 e. The van der Waals surface area contributed by atoms with Gasteiger partial charge >= 0.3 is 5.97 Å². The quantitative estimate of drug-likeness (QED) is 0.764. The zero-order valence-electron chi connectivity index (χ0n) is 12.7. The maximum atomic E-state index is 11.6. The zero-order chi connectivity index (χ0) is 14.5. The number of nitrogens with zero attached hydrogens (tertiary/aromatic N) is 1. The number of hydrogen-bond donors (Lipinski definition) is 0. The molecule has 0 spiro atoms. The second-order valence-electron chi connectivity index (χ2n) is 6.06. The highest BCUT2D eigenvalue weighted by atomic mass is 16.6. The number of ether oxygens (including phenoxy) is 1. The van der Waals surface area contributed by atoms with E-state index >= 15 is 0 Å². The molecule has 0 aliphatic carbocycles. The molecule has 0 aliphatic heterocycles. The minimum absolute atomic E-state index is 0.136. The molecule has 0 saturated heterocycles. The maximum Gasteiger partial charge on any atom is 0.307 e. The number of benzene rings is 1. The van der Waals surface area contributed by atoms with Gasteiger partial charge in [-0.3, -0.25) is 4.79 Å². The van der Waals surface area contributed by atoms with E-state index in [2.05, 4.69) is 36.1 Å². The molecular weight excluding hydrogens is 238 g/mol. The normalized spacial score (nSPS) is 11.7. The third-order valence-corrected chi connectivity index (χ3v) is 2.65. The summed E-state index contributed by atoms with van der Waals surface area (Å²) >= 11 is 0. The van der Waals surface area contributed by atoms with Crippen LogP contribution in [0.2, 0.25) is 0 Å². The van der Waals surface area contributed by atoms with E-state index in [0.717, 1.165) is 6.54 Å². The van der Waals surface area contributed by atoms with Crippen molar-refractivity contribution in [1.82, 2.24) is 4.90 Å². The first-order valence-electron chi connectivity index (χ1n) is 6.72. The van der Waals surface area contributed by atoms with Gasteiger partial charge in [0.25, 0.3) is 0 Å². The summed E-state index contributed by atoms with van der Waals surface area (Å²) in [5, 5.41) is 0. The molecule has 0 N–H and O–H groups in total. The monoisotopic (exact) mass is 263 g/mol. The van der Waals surface area contributed by atoms with Crippen LogP contribution in [0.15, 0.2) is 24.3 Å². The predicted molar refractivity (Wildman–Crippen MR) is 78.0 cm³/mol. The Kier molecular flexibility index (Phi) is 5.55. The van der Waals surface area contributed by atoms with Crippen LogP contribution in [0, 0.1) is 6.92 Å². The van der Waals surface area contributed by atoms with Gasteiger partial charge in [0, 0.05) is 13.1 Å². The molecule has 0 atom stereocenters. The molecule has 1 rings (SSSR count). The van der Waals surface area contributed by atoms with Crippen LogP contribution in [0.1, 0.15) is 38.3 Å². The summed E-state index contributed by atoms with van der Waals surface area (Å²) < 4.78 is 5.29. The Morgan fingerprint density at radius 3 is 2.58 bits per heavy atom. The van der Waals surface area contributed by atoms with Gasteiger partial charge in [-0.25, -0.2) is 0 Å². The molecular formula is C16H25NO2. The fraction of sp³-hybridized carbons (Fsp3) is 0.562. The van der Waals surface area contributed by atoms with E-state index in [1.54, 1.807) is 0 Å². The van der Waals surface area contributed by atoms with Gasteiger partial charge < -0.3 is 9.64 Å². The number of aryl methyl sites for hydroxylation is 1. The molecule has 0 unspecified atom stereocenters. The molecule has 19 heavy (non-hydrogen) atoms. The zero-order valence-corrected chi connectivity index (χ0v) is 12.7. The van der Waals surface area contributed by atoms with Gasteiger partial charge in [-0.05, 0) is 40.3 Å². The Hall–Kier alpha value is -1.35. The first-order chi connectivity index (χ1) is 8.76. The van der Waals surface area contributed by atoms with E-state index in [-0.39, 0.29) is 5.97 Å². The average molecular weight is 263 g/mol. The summed E-state index contributed by atoms with van der Waals surface area (Å²) in [7, 11) is 2.02. The van der Waals surface area contributed by atoms with Crippen molar-refractivity contribution >= 4 is 5.97 Å². The van der Waals surface area contributed by atoms with Crippen molar-refractivity contribution in [3.63, 3.8) is 0 Å². The molecule has 0 saturated carbocycles. The van der Waals surface area contributed by atoms with Crippen LogP contribution in [0.3, 0.4) is 0 Å². The number of carbonyl (C=O) groups is 1. The number of carbonyl (C=O) groups excluding carboxylic acids is 1. The lowest BCUT2D eigenvalue weighted by molar-refractivity contribution is -0.155. The Morgan fingerprint density at radius 1 is 1.32 bits per heavy atom. The van der Waals surface area contributed by atoms with Crippen LogP contribution < -0.4 is 0 Å². The Morgan fingerprint density at radius 2 is 2.00 bits per heavy atom. The van der Waals surface area contributed by atoms with E-state index in [0.29, 0.717) is 13.0 Å². The standard InChI is InChI=1S/C16H25NO2/c1-13-7-6-8-14(11-13)12-17(5)10-9-15(18)19-16(2,3)4/h6-8,11H,9-10,12H2,1-5H3. The molecule has 0 aliphatic rings. The van der Waals surface area contributed by atoms with Gasteiger partial charge in [0.05, 0.1) is 6.42 Å². The summed E-state index contributed by atoms with van der Waals surface area (Å²) in [6.45, 7) is 9.32. The van der Waals surface area contributed by atoms with Crippen molar-refractivity contribution in [1.29, 1.82) is 0 Å². The largest absolute Gasteiger partial charge is 0.460 e. The molecule has 0 bridgehead atoms. The summed E-state index contributed by atoms with van der Waals surface area (Å²) in [6.07, 6.45) is 0.430. The van der Waals surface area contributed by atoms with Crippen LogP contribution in [0.25, 0.3) is 0 Å². The molecule has 0 amide bonds. The summed E-state index contributed by atoms with van der Waals surface area (Å²) in [5.41, 5.74) is 2.14. The topological polar surface area (TPSA) is 29.5 Å². The van der Waals surface area contributed by atoms with Crippen molar-refractivity contribution in [2.24, 2.45) is 0 Å². The van der Waals surface area contributed by atoms with E-state index in [1.165, 1.54) is 11.1 Å². The Balaban J connectivity index is 2.36. The smallest absolute Gasteiger partial charge is 0.307 e. The highest BCUT2D eigenvalue weighted by molar-refractivity contribution is 5.70. The highest BCUT2D eigenvalue weighted by Crippen LogP contribution is 2.10. The average Bonchev–Trinajstić information content (AvgIpc) is 2.24. The first kappa shape index (κ1) is 15.7. The molecule has 0 aromatic heterocycles. The molecule has 0 heterocycles. The van der Waals surface area contributed by atoms with Crippen LogP contribution in [0.5, 0.6) is 0 Å². The maximum absolute atomic E-state index is 11.6. The van der Waals surface area contributed by atoms with Gasteiger partial charge in [0.15, 0.2) is 0 Å². The van der Waals surface area contributed by atoms with E-state index in [4.69, 9.17) is 4.74 Å². The summed E-state index contributed by atoms with van der Waals surface area (Å²) in [6, 6.07) is 8.43. The number of esters is 1. The lowest BCUT2D eigenvalue weighted by Crippen LogP contribution is -2.27. The summed E-state index contributed by atoms with van der Waals surface area (Å²) in [5.74, 6) is -0.136. The fourth-order valence-electron chi connectivity index (χ4n) is 1.88. The minimum atomic E-state index is -0.397. The predicted octanol–water partition coefficient (Wildman–Crippen LogP) is 3.16. The Labute approximate surface area is 116 Å². The van der Waals surface area contributed by atoms with Crippen LogP contribution in [0.4, 0.5) is 0 Å². The Bertz CT molecular complexity index is 421. The van der Waals surface area contributed by atoms with Crippen LogP contribution in [-0.2, 0) is 16.1 Å². The molecule has 0 radical (unpaired) electrons. The third kappa shape index (κ3) is 6.97. The van der Waals surface area contributed by atoms with E-state index < -0.39 is 5.60 Å². The molecule has 1 aromatic rings. The highest BCUT2D eigenvalue weighted by Gasteiger charge is 2.16. The van der Waals surface area contributed by atoms with Gasteiger partial charge in [0.1, 0.15) is 5.60 Å². The molecule has 106 valence electrons. The number of rotatable bonds is 5. The molecule has 3 heteroatoms. The van der Waals surface area contributed by atoms with Gasteiger partial charge in [-0.2, -0.15) is 0 Å². The number of hydrogen-bond acceptors (Lipinski definition) is 3. The van der Waals surface area contributed by atoms with Gasteiger partial charge in [0.2, 0.25) is 0 Å². The second-order valence-corrected chi connectivity index (χ2v) is 6.06. The van der Waals surface area contributed by atoms with Crippen molar-refractivity contribution in [2.75, 3.05) is 13.6 Å². The third-order valence-electron chi connectivity index (χ3n) is 2.65. The second kappa shape index (κ2) is 6.71. The van der Waals surface area contributed by atoms with Crippen molar-refractivity contribution in [3.05, 3.63) is 35.4 Å².